The quantitative estimate of drug-likeness (QED) is 0.850. The molecule has 4 nitrogen and oxygen atoms in total. The number of hydrogen-bond acceptors (Lipinski definition) is 3. The molecule has 4 aliphatic rings. The lowest BCUT2D eigenvalue weighted by Gasteiger charge is -2.50. The normalized spacial score (nSPS) is 30.5. The molecule has 4 bridgehead atoms. The smallest absolute Gasteiger partial charge is 0.271 e. The van der Waals surface area contributed by atoms with Gasteiger partial charge in [-0.15, -0.1) is 0 Å². The van der Waals surface area contributed by atoms with Gasteiger partial charge in [0.25, 0.3) is 5.91 Å². The van der Waals surface area contributed by atoms with Crippen LogP contribution in [-0.4, -0.2) is 17.7 Å². The minimum absolute atomic E-state index is 0.132. The molecule has 24 heavy (non-hydrogen) atoms. The van der Waals surface area contributed by atoms with E-state index in [-0.39, 0.29) is 12.0 Å². The molecule has 0 spiro atoms. The zero-order valence-electron chi connectivity index (χ0n) is 14.5. The van der Waals surface area contributed by atoms with Gasteiger partial charge in [0.15, 0.2) is 0 Å². The first-order valence-corrected chi connectivity index (χ1v) is 9.23. The fourth-order valence-electron chi connectivity index (χ4n) is 4.99. The zero-order valence-corrected chi connectivity index (χ0v) is 14.5. The Bertz CT molecular complexity index is 618. The number of amides is 1. The fraction of sp³-hybridized carbons (Fsp3) is 0.600. The Labute approximate surface area is 143 Å². The Morgan fingerprint density at radius 1 is 1.04 bits per heavy atom. The Hall–Kier alpha value is -1.84. The zero-order chi connectivity index (χ0) is 16.7. The number of carbonyl (C=O) groups excluding carboxylic acids is 1. The van der Waals surface area contributed by atoms with Crippen LogP contribution in [0.2, 0.25) is 0 Å². The van der Waals surface area contributed by atoms with Crippen molar-refractivity contribution in [1.82, 2.24) is 5.43 Å². The summed E-state index contributed by atoms with van der Waals surface area (Å²) in [5.74, 6) is 3.71. The third-order valence-corrected chi connectivity index (χ3v) is 5.75. The van der Waals surface area contributed by atoms with E-state index in [1.54, 1.807) is 12.1 Å². The van der Waals surface area contributed by atoms with Crippen molar-refractivity contribution in [2.75, 3.05) is 0 Å². The molecular weight excluding hydrogens is 300 g/mol. The number of benzene rings is 1. The number of carbonyl (C=O) groups is 1. The maximum absolute atomic E-state index is 12.4. The molecule has 5 rings (SSSR count). The highest BCUT2D eigenvalue weighted by Gasteiger charge is 2.46. The van der Waals surface area contributed by atoms with Crippen molar-refractivity contribution in [1.29, 1.82) is 0 Å². The van der Waals surface area contributed by atoms with Gasteiger partial charge >= 0.3 is 0 Å². The Kier molecular flexibility index (Phi) is 4.07. The maximum atomic E-state index is 12.4. The van der Waals surface area contributed by atoms with E-state index in [0.29, 0.717) is 17.4 Å². The highest BCUT2D eigenvalue weighted by Crippen LogP contribution is 2.52. The first-order chi connectivity index (χ1) is 11.6. The SMILES string of the molecule is CC(C)Oc1ccc(C(=O)NN=C2C3CC4CC(C3)CC2C4)cc1. The average molecular weight is 326 g/mol. The van der Waals surface area contributed by atoms with Gasteiger partial charge in [-0.2, -0.15) is 5.10 Å². The van der Waals surface area contributed by atoms with Crippen LogP contribution in [0.25, 0.3) is 0 Å². The molecule has 1 aromatic rings. The summed E-state index contributed by atoms with van der Waals surface area (Å²) in [7, 11) is 0. The molecule has 128 valence electrons. The van der Waals surface area contributed by atoms with Crippen LogP contribution in [0.1, 0.15) is 56.3 Å². The topological polar surface area (TPSA) is 50.7 Å². The summed E-state index contributed by atoms with van der Waals surface area (Å²) in [5.41, 5.74) is 4.68. The van der Waals surface area contributed by atoms with Crippen LogP contribution in [0.3, 0.4) is 0 Å². The largest absolute Gasteiger partial charge is 0.491 e. The number of nitrogens with zero attached hydrogens (tertiary/aromatic N) is 1. The summed E-state index contributed by atoms with van der Waals surface area (Å²) in [6.07, 6.45) is 6.68. The maximum Gasteiger partial charge on any atom is 0.271 e. The second-order valence-electron chi connectivity index (χ2n) is 7.97. The molecule has 0 atom stereocenters. The van der Waals surface area contributed by atoms with Crippen LogP contribution in [0, 0.1) is 23.7 Å². The van der Waals surface area contributed by atoms with Gasteiger partial charge in [0.1, 0.15) is 5.75 Å². The van der Waals surface area contributed by atoms with E-state index in [2.05, 4.69) is 10.5 Å². The van der Waals surface area contributed by atoms with Crippen molar-refractivity contribution in [2.45, 2.75) is 52.1 Å². The first kappa shape index (κ1) is 15.7. The fourth-order valence-corrected chi connectivity index (χ4v) is 4.99. The Morgan fingerprint density at radius 3 is 2.17 bits per heavy atom. The van der Waals surface area contributed by atoms with Gasteiger partial charge in [0.2, 0.25) is 0 Å². The standard InChI is InChI=1S/C20H26N2O2/c1-12(2)24-18-5-3-15(4-6-18)20(23)22-21-19-16-8-13-7-14(10-16)11-17(19)9-13/h3-6,12-14,16-17H,7-11H2,1-2H3,(H,22,23). The van der Waals surface area contributed by atoms with Crippen LogP contribution >= 0.6 is 0 Å². The van der Waals surface area contributed by atoms with Crippen molar-refractivity contribution < 1.29 is 9.53 Å². The molecule has 0 aromatic heterocycles. The minimum atomic E-state index is -0.132. The predicted octanol–water partition coefficient (Wildman–Crippen LogP) is 4.02. The molecule has 0 unspecified atom stereocenters. The van der Waals surface area contributed by atoms with E-state index in [1.807, 2.05) is 26.0 Å². The third kappa shape index (κ3) is 3.06. The minimum Gasteiger partial charge on any atom is -0.491 e. The summed E-state index contributed by atoms with van der Waals surface area (Å²) in [5, 5.41) is 4.56. The van der Waals surface area contributed by atoms with Crippen molar-refractivity contribution >= 4 is 11.6 Å². The molecule has 1 aromatic carbocycles. The predicted molar refractivity (Wildman–Crippen MR) is 94.2 cm³/mol. The van der Waals surface area contributed by atoms with Crippen molar-refractivity contribution in [3.05, 3.63) is 29.8 Å². The van der Waals surface area contributed by atoms with E-state index in [4.69, 9.17) is 4.74 Å². The van der Waals surface area contributed by atoms with E-state index in [1.165, 1.54) is 37.8 Å². The summed E-state index contributed by atoms with van der Waals surface area (Å²) >= 11 is 0. The van der Waals surface area contributed by atoms with Crippen molar-refractivity contribution in [3.8, 4) is 5.75 Å². The monoisotopic (exact) mass is 326 g/mol. The lowest BCUT2D eigenvalue weighted by Crippen LogP contribution is -2.46. The summed E-state index contributed by atoms with van der Waals surface area (Å²) in [6, 6.07) is 7.27. The Balaban J connectivity index is 1.41. The molecule has 1 amide bonds. The summed E-state index contributed by atoms with van der Waals surface area (Å²) in [4.78, 5) is 12.4. The number of nitrogens with one attached hydrogen (secondary N) is 1. The highest BCUT2D eigenvalue weighted by molar-refractivity contribution is 5.96. The van der Waals surface area contributed by atoms with Gasteiger partial charge in [-0.25, -0.2) is 5.43 Å². The summed E-state index contributed by atoms with van der Waals surface area (Å²) < 4.78 is 5.61. The van der Waals surface area contributed by atoms with Gasteiger partial charge in [0, 0.05) is 11.3 Å². The van der Waals surface area contributed by atoms with Crippen LogP contribution in [0.5, 0.6) is 5.75 Å². The highest BCUT2D eigenvalue weighted by atomic mass is 16.5. The van der Waals surface area contributed by atoms with Crippen LogP contribution < -0.4 is 10.2 Å². The molecule has 0 aliphatic heterocycles. The Morgan fingerprint density at radius 2 is 1.62 bits per heavy atom. The van der Waals surface area contributed by atoms with Crippen molar-refractivity contribution in [3.63, 3.8) is 0 Å². The van der Waals surface area contributed by atoms with E-state index in [0.717, 1.165) is 17.6 Å². The number of hydrazone groups is 1. The van der Waals surface area contributed by atoms with Crippen molar-refractivity contribution in [2.24, 2.45) is 28.8 Å². The van der Waals surface area contributed by atoms with Gasteiger partial charge in [0.05, 0.1) is 6.10 Å². The van der Waals surface area contributed by atoms with Crippen LogP contribution in [0.15, 0.2) is 29.4 Å². The average Bonchev–Trinajstić information content (AvgIpc) is 2.53. The number of ether oxygens (including phenoxy) is 1. The molecule has 4 fully saturated rings. The molecule has 0 radical (unpaired) electrons. The molecule has 1 N–H and O–H groups in total. The van der Waals surface area contributed by atoms with E-state index >= 15 is 0 Å². The van der Waals surface area contributed by atoms with Crippen LogP contribution in [0.4, 0.5) is 0 Å². The first-order valence-electron chi connectivity index (χ1n) is 9.23. The summed E-state index contributed by atoms with van der Waals surface area (Å²) in [6.45, 7) is 3.98. The third-order valence-electron chi connectivity index (χ3n) is 5.75. The molecule has 0 heterocycles. The number of hydrogen-bond donors (Lipinski definition) is 1. The molecule has 4 saturated carbocycles. The molecule has 0 saturated heterocycles. The lowest BCUT2D eigenvalue weighted by atomic mass is 9.55. The lowest BCUT2D eigenvalue weighted by molar-refractivity contribution is 0.0942. The molecule has 4 heteroatoms. The van der Waals surface area contributed by atoms with Gasteiger partial charge in [-0.1, -0.05) is 0 Å². The van der Waals surface area contributed by atoms with Gasteiger partial charge in [-0.3, -0.25) is 4.79 Å². The van der Waals surface area contributed by atoms with E-state index < -0.39 is 0 Å². The van der Waals surface area contributed by atoms with Gasteiger partial charge < -0.3 is 4.74 Å². The van der Waals surface area contributed by atoms with Gasteiger partial charge in [-0.05, 0) is 93.9 Å². The molecular formula is C20H26N2O2. The second-order valence-corrected chi connectivity index (χ2v) is 7.97. The molecule has 4 aliphatic carbocycles. The second kappa shape index (κ2) is 6.23. The van der Waals surface area contributed by atoms with E-state index in [9.17, 15) is 4.79 Å². The number of rotatable bonds is 4. The van der Waals surface area contributed by atoms with Crippen LogP contribution in [-0.2, 0) is 0 Å².